The highest BCUT2D eigenvalue weighted by atomic mass is 19.1. The predicted molar refractivity (Wildman–Crippen MR) is 84.9 cm³/mol. The molecule has 2 nitrogen and oxygen atoms in total. The van der Waals surface area contributed by atoms with Crippen molar-refractivity contribution in [2.24, 2.45) is 0 Å². The van der Waals surface area contributed by atoms with E-state index in [4.69, 9.17) is 0 Å². The normalized spacial score (nSPS) is 10.8. The number of hydrogen-bond donors (Lipinski definition) is 1. The van der Waals surface area contributed by atoms with Crippen LogP contribution in [-0.2, 0) is 6.54 Å². The van der Waals surface area contributed by atoms with E-state index in [9.17, 15) is 4.39 Å². The number of para-hydroxylation sites is 1. The van der Waals surface area contributed by atoms with Crippen LogP contribution in [0.1, 0.15) is 16.8 Å². The van der Waals surface area contributed by atoms with E-state index in [1.54, 1.807) is 6.07 Å². The Kier molecular flexibility index (Phi) is 3.57. The lowest BCUT2D eigenvalue weighted by Crippen LogP contribution is -2.03. The molecule has 3 heteroatoms. The Labute approximate surface area is 123 Å². The van der Waals surface area contributed by atoms with Gasteiger partial charge in [-0.05, 0) is 49.2 Å². The second kappa shape index (κ2) is 5.52. The maximum atomic E-state index is 13.3. The Morgan fingerprint density at radius 1 is 1.05 bits per heavy atom. The average Bonchev–Trinajstić information content (AvgIpc) is 2.47. The number of rotatable bonds is 3. The van der Waals surface area contributed by atoms with E-state index in [2.05, 4.69) is 22.4 Å². The number of anilines is 1. The summed E-state index contributed by atoms with van der Waals surface area (Å²) in [6.07, 6.45) is 0. The SMILES string of the molecule is Cc1cc(CNc2cc(F)ccc2C)c2ccccc2n1. The lowest BCUT2D eigenvalue weighted by Gasteiger charge is -2.12. The highest BCUT2D eigenvalue weighted by Gasteiger charge is 2.05. The molecule has 21 heavy (non-hydrogen) atoms. The number of pyridine rings is 1. The fraction of sp³-hybridized carbons (Fsp3) is 0.167. The lowest BCUT2D eigenvalue weighted by molar-refractivity contribution is 0.628. The van der Waals surface area contributed by atoms with Crippen molar-refractivity contribution in [3.63, 3.8) is 0 Å². The van der Waals surface area contributed by atoms with Crippen LogP contribution in [-0.4, -0.2) is 4.98 Å². The van der Waals surface area contributed by atoms with Crippen molar-refractivity contribution < 1.29 is 4.39 Å². The smallest absolute Gasteiger partial charge is 0.125 e. The quantitative estimate of drug-likeness (QED) is 0.758. The van der Waals surface area contributed by atoms with Gasteiger partial charge in [0.25, 0.3) is 0 Å². The first-order valence-corrected chi connectivity index (χ1v) is 6.99. The van der Waals surface area contributed by atoms with Crippen LogP contribution in [0.2, 0.25) is 0 Å². The van der Waals surface area contributed by atoms with Crippen molar-refractivity contribution in [1.29, 1.82) is 0 Å². The molecule has 0 spiro atoms. The van der Waals surface area contributed by atoms with Crippen molar-refractivity contribution in [3.05, 3.63) is 71.2 Å². The first kappa shape index (κ1) is 13.6. The molecular weight excluding hydrogens is 263 g/mol. The van der Waals surface area contributed by atoms with Gasteiger partial charge in [-0.15, -0.1) is 0 Å². The van der Waals surface area contributed by atoms with Gasteiger partial charge in [-0.25, -0.2) is 4.39 Å². The molecule has 0 aliphatic carbocycles. The van der Waals surface area contributed by atoms with Crippen LogP contribution >= 0.6 is 0 Å². The summed E-state index contributed by atoms with van der Waals surface area (Å²) in [5.41, 5.74) is 5.01. The van der Waals surface area contributed by atoms with Gasteiger partial charge in [0.2, 0.25) is 0 Å². The van der Waals surface area contributed by atoms with Crippen LogP contribution in [0.15, 0.2) is 48.5 Å². The first-order chi connectivity index (χ1) is 10.1. The fourth-order valence-electron chi connectivity index (χ4n) is 2.52. The van der Waals surface area contributed by atoms with Crippen molar-refractivity contribution in [2.45, 2.75) is 20.4 Å². The largest absolute Gasteiger partial charge is 0.381 e. The maximum absolute atomic E-state index is 13.3. The summed E-state index contributed by atoms with van der Waals surface area (Å²) in [4.78, 5) is 4.54. The molecule has 0 unspecified atom stereocenters. The van der Waals surface area contributed by atoms with Gasteiger partial charge >= 0.3 is 0 Å². The van der Waals surface area contributed by atoms with Crippen molar-refractivity contribution in [3.8, 4) is 0 Å². The van der Waals surface area contributed by atoms with Crippen LogP contribution < -0.4 is 5.32 Å². The number of aromatic nitrogens is 1. The van der Waals surface area contributed by atoms with Gasteiger partial charge in [0.05, 0.1) is 5.52 Å². The number of benzene rings is 2. The molecule has 2 aromatic carbocycles. The third-order valence-electron chi connectivity index (χ3n) is 3.60. The van der Waals surface area contributed by atoms with Crippen molar-refractivity contribution in [2.75, 3.05) is 5.32 Å². The summed E-state index contributed by atoms with van der Waals surface area (Å²) in [6.45, 7) is 4.61. The zero-order valence-corrected chi connectivity index (χ0v) is 12.2. The Morgan fingerprint density at radius 3 is 2.71 bits per heavy atom. The number of halogens is 1. The number of hydrogen-bond acceptors (Lipinski definition) is 2. The minimum atomic E-state index is -0.223. The zero-order valence-electron chi connectivity index (χ0n) is 12.2. The lowest BCUT2D eigenvalue weighted by atomic mass is 10.1. The summed E-state index contributed by atoms with van der Waals surface area (Å²) in [5, 5.41) is 4.45. The second-order valence-electron chi connectivity index (χ2n) is 5.25. The van der Waals surface area contributed by atoms with Crippen LogP contribution in [0, 0.1) is 19.7 Å². The van der Waals surface area contributed by atoms with E-state index >= 15 is 0 Å². The van der Waals surface area contributed by atoms with Crippen molar-refractivity contribution >= 4 is 16.6 Å². The van der Waals surface area contributed by atoms with Gasteiger partial charge in [0.15, 0.2) is 0 Å². The summed E-state index contributed by atoms with van der Waals surface area (Å²) in [6, 6.07) is 14.9. The van der Waals surface area contributed by atoms with Crippen LogP contribution in [0.25, 0.3) is 10.9 Å². The van der Waals surface area contributed by atoms with Gasteiger partial charge in [-0.2, -0.15) is 0 Å². The van der Waals surface area contributed by atoms with E-state index in [-0.39, 0.29) is 5.82 Å². The zero-order chi connectivity index (χ0) is 14.8. The highest BCUT2D eigenvalue weighted by Crippen LogP contribution is 2.21. The molecule has 0 bridgehead atoms. The Bertz CT molecular complexity index is 796. The minimum Gasteiger partial charge on any atom is -0.381 e. The van der Waals surface area contributed by atoms with Crippen LogP contribution in [0.3, 0.4) is 0 Å². The van der Waals surface area contributed by atoms with E-state index < -0.39 is 0 Å². The molecule has 1 aromatic heterocycles. The van der Waals surface area contributed by atoms with Gasteiger partial charge in [0.1, 0.15) is 5.82 Å². The third kappa shape index (κ3) is 2.87. The summed E-state index contributed by atoms with van der Waals surface area (Å²) >= 11 is 0. The Balaban J connectivity index is 1.93. The van der Waals surface area contributed by atoms with Gasteiger partial charge in [-0.3, -0.25) is 4.98 Å². The summed E-state index contributed by atoms with van der Waals surface area (Å²) in [5.74, 6) is -0.223. The van der Waals surface area contributed by atoms with Crippen LogP contribution in [0.4, 0.5) is 10.1 Å². The molecule has 0 atom stereocenters. The topological polar surface area (TPSA) is 24.9 Å². The number of nitrogens with zero attached hydrogens (tertiary/aromatic N) is 1. The molecule has 1 heterocycles. The number of nitrogens with one attached hydrogen (secondary N) is 1. The molecule has 106 valence electrons. The molecule has 1 N–H and O–H groups in total. The number of fused-ring (bicyclic) bond motifs is 1. The molecule has 0 aliphatic heterocycles. The Morgan fingerprint density at radius 2 is 1.86 bits per heavy atom. The molecular formula is C18H17FN2. The molecule has 0 saturated heterocycles. The first-order valence-electron chi connectivity index (χ1n) is 6.99. The Hall–Kier alpha value is -2.42. The van der Waals surface area contributed by atoms with Crippen molar-refractivity contribution in [1.82, 2.24) is 4.98 Å². The molecule has 0 saturated carbocycles. The average molecular weight is 280 g/mol. The van der Waals surface area contributed by atoms with Gasteiger partial charge < -0.3 is 5.32 Å². The van der Waals surface area contributed by atoms with Crippen LogP contribution in [0.5, 0.6) is 0 Å². The molecule has 0 fully saturated rings. The molecule has 3 aromatic rings. The number of aryl methyl sites for hydroxylation is 2. The molecule has 0 amide bonds. The van der Waals surface area contributed by atoms with E-state index in [0.29, 0.717) is 6.54 Å². The standard InChI is InChI=1S/C18H17FN2/c1-12-7-8-15(19)10-18(12)20-11-14-9-13(2)21-17-6-4-3-5-16(14)17/h3-10,20H,11H2,1-2H3. The summed E-state index contributed by atoms with van der Waals surface area (Å²) in [7, 11) is 0. The maximum Gasteiger partial charge on any atom is 0.125 e. The van der Waals surface area contributed by atoms with E-state index in [0.717, 1.165) is 27.8 Å². The molecule has 3 rings (SSSR count). The van der Waals surface area contributed by atoms with E-state index in [1.807, 2.05) is 32.0 Å². The van der Waals surface area contributed by atoms with Gasteiger partial charge in [0, 0.05) is 23.3 Å². The second-order valence-corrected chi connectivity index (χ2v) is 5.25. The molecule has 0 aliphatic rings. The van der Waals surface area contributed by atoms with E-state index in [1.165, 1.54) is 17.7 Å². The minimum absolute atomic E-state index is 0.223. The molecule has 0 radical (unpaired) electrons. The summed E-state index contributed by atoms with van der Waals surface area (Å²) < 4.78 is 13.3. The highest BCUT2D eigenvalue weighted by molar-refractivity contribution is 5.82. The predicted octanol–water partition coefficient (Wildman–Crippen LogP) is 4.60. The monoisotopic (exact) mass is 280 g/mol. The fourth-order valence-corrected chi connectivity index (χ4v) is 2.52. The van der Waals surface area contributed by atoms with Gasteiger partial charge in [-0.1, -0.05) is 24.3 Å². The third-order valence-corrected chi connectivity index (χ3v) is 3.60.